The minimum atomic E-state index is 0.895. The first-order valence-corrected chi connectivity index (χ1v) is 8.27. The van der Waals surface area contributed by atoms with E-state index < -0.39 is 0 Å². The van der Waals surface area contributed by atoms with E-state index in [2.05, 4.69) is 39.5 Å². The van der Waals surface area contributed by atoms with Crippen LogP contribution in [0.2, 0.25) is 0 Å². The fourth-order valence-corrected chi connectivity index (χ4v) is 2.94. The van der Waals surface area contributed by atoms with Crippen LogP contribution in [-0.4, -0.2) is 49.3 Å². The molecular weight excluding hydrogens is 274 g/mol. The number of fused-ring (bicyclic) bond motifs is 1. The number of nitrogens with one attached hydrogen (secondary N) is 1. The molecular formula is C18H25N3O. The number of pyridine rings is 1. The van der Waals surface area contributed by atoms with Crippen molar-refractivity contribution in [2.24, 2.45) is 0 Å². The second-order valence-corrected chi connectivity index (χ2v) is 5.83. The van der Waals surface area contributed by atoms with Crippen LogP contribution < -0.4 is 5.32 Å². The van der Waals surface area contributed by atoms with Gasteiger partial charge in [0.1, 0.15) is 0 Å². The van der Waals surface area contributed by atoms with Crippen LogP contribution in [0.3, 0.4) is 0 Å². The summed E-state index contributed by atoms with van der Waals surface area (Å²) in [5.74, 6) is 0. The SMILES string of the molecule is c1cnc2c(CNCCCCN3CCOCC3)cccc2c1. The van der Waals surface area contributed by atoms with Crippen molar-refractivity contribution in [2.75, 3.05) is 39.4 Å². The molecule has 1 aromatic heterocycles. The molecule has 0 atom stereocenters. The number of morpholine rings is 1. The van der Waals surface area contributed by atoms with Crippen molar-refractivity contribution >= 4 is 10.9 Å². The van der Waals surface area contributed by atoms with Gasteiger partial charge in [0.2, 0.25) is 0 Å². The van der Waals surface area contributed by atoms with E-state index in [0.29, 0.717) is 0 Å². The van der Waals surface area contributed by atoms with Crippen LogP contribution in [0.4, 0.5) is 0 Å². The van der Waals surface area contributed by atoms with Crippen LogP contribution in [0.15, 0.2) is 36.5 Å². The fraction of sp³-hybridized carbons (Fsp3) is 0.500. The van der Waals surface area contributed by atoms with E-state index in [1.165, 1.54) is 30.3 Å². The highest BCUT2D eigenvalue weighted by molar-refractivity contribution is 5.81. The summed E-state index contributed by atoms with van der Waals surface area (Å²) < 4.78 is 5.37. The Bertz CT molecular complexity index is 576. The van der Waals surface area contributed by atoms with Crippen LogP contribution in [-0.2, 0) is 11.3 Å². The number of hydrogen-bond acceptors (Lipinski definition) is 4. The van der Waals surface area contributed by atoms with Gasteiger partial charge in [-0.2, -0.15) is 0 Å². The summed E-state index contributed by atoms with van der Waals surface area (Å²) in [5.41, 5.74) is 2.40. The summed E-state index contributed by atoms with van der Waals surface area (Å²) in [4.78, 5) is 7.00. The lowest BCUT2D eigenvalue weighted by Crippen LogP contribution is -2.37. The van der Waals surface area contributed by atoms with Crippen molar-refractivity contribution in [3.8, 4) is 0 Å². The number of rotatable bonds is 7. The molecule has 1 aromatic carbocycles. The largest absolute Gasteiger partial charge is 0.379 e. The van der Waals surface area contributed by atoms with Gasteiger partial charge >= 0.3 is 0 Å². The van der Waals surface area contributed by atoms with Gasteiger partial charge in [0, 0.05) is 31.2 Å². The average molecular weight is 299 g/mol. The highest BCUT2D eigenvalue weighted by Crippen LogP contribution is 2.15. The van der Waals surface area contributed by atoms with Crippen molar-refractivity contribution in [1.82, 2.24) is 15.2 Å². The molecule has 1 aliphatic heterocycles. The van der Waals surface area contributed by atoms with Crippen LogP contribution >= 0.6 is 0 Å². The summed E-state index contributed by atoms with van der Waals surface area (Å²) in [6, 6.07) is 10.5. The third-order valence-electron chi connectivity index (χ3n) is 4.21. The Kier molecular flexibility index (Phi) is 5.76. The number of benzene rings is 1. The third kappa shape index (κ3) is 4.26. The van der Waals surface area contributed by atoms with Gasteiger partial charge in [-0.3, -0.25) is 9.88 Å². The van der Waals surface area contributed by atoms with E-state index in [1.807, 2.05) is 12.3 Å². The molecule has 0 radical (unpaired) electrons. The molecule has 3 rings (SSSR count). The molecule has 1 saturated heterocycles. The lowest BCUT2D eigenvalue weighted by atomic mass is 10.1. The smallest absolute Gasteiger partial charge is 0.0746 e. The summed E-state index contributed by atoms with van der Waals surface area (Å²) >= 11 is 0. The summed E-state index contributed by atoms with van der Waals surface area (Å²) in [7, 11) is 0. The highest BCUT2D eigenvalue weighted by atomic mass is 16.5. The zero-order chi connectivity index (χ0) is 15.0. The van der Waals surface area contributed by atoms with Crippen molar-refractivity contribution in [2.45, 2.75) is 19.4 Å². The molecule has 4 nitrogen and oxygen atoms in total. The Morgan fingerprint density at radius 1 is 1.09 bits per heavy atom. The van der Waals surface area contributed by atoms with E-state index in [4.69, 9.17) is 4.74 Å². The van der Waals surface area contributed by atoms with Gasteiger partial charge in [-0.05, 0) is 37.6 Å². The Morgan fingerprint density at radius 3 is 2.86 bits per heavy atom. The second-order valence-electron chi connectivity index (χ2n) is 5.83. The molecule has 0 bridgehead atoms. The average Bonchev–Trinajstić information content (AvgIpc) is 2.59. The third-order valence-corrected chi connectivity index (χ3v) is 4.21. The quantitative estimate of drug-likeness (QED) is 0.797. The van der Waals surface area contributed by atoms with Crippen LogP contribution in [0.1, 0.15) is 18.4 Å². The highest BCUT2D eigenvalue weighted by Gasteiger charge is 2.08. The van der Waals surface area contributed by atoms with Crippen LogP contribution in [0.25, 0.3) is 10.9 Å². The Labute approximate surface area is 132 Å². The van der Waals surface area contributed by atoms with Crippen molar-refractivity contribution < 1.29 is 4.74 Å². The summed E-state index contributed by atoms with van der Waals surface area (Å²) in [5, 5.41) is 4.77. The predicted octanol–water partition coefficient (Wildman–Crippen LogP) is 2.44. The van der Waals surface area contributed by atoms with Crippen molar-refractivity contribution in [3.05, 3.63) is 42.1 Å². The fourth-order valence-electron chi connectivity index (χ4n) is 2.94. The van der Waals surface area contributed by atoms with E-state index >= 15 is 0 Å². The number of aromatic nitrogens is 1. The van der Waals surface area contributed by atoms with Gasteiger partial charge < -0.3 is 10.1 Å². The van der Waals surface area contributed by atoms with E-state index in [1.54, 1.807) is 0 Å². The molecule has 118 valence electrons. The molecule has 0 amide bonds. The minimum Gasteiger partial charge on any atom is -0.379 e. The monoisotopic (exact) mass is 299 g/mol. The van der Waals surface area contributed by atoms with Crippen LogP contribution in [0.5, 0.6) is 0 Å². The molecule has 22 heavy (non-hydrogen) atoms. The first-order valence-electron chi connectivity index (χ1n) is 8.27. The molecule has 4 heteroatoms. The van der Waals surface area contributed by atoms with Gasteiger partial charge in [0.25, 0.3) is 0 Å². The molecule has 1 fully saturated rings. The van der Waals surface area contributed by atoms with Gasteiger partial charge in [-0.25, -0.2) is 0 Å². The topological polar surface area (TPSA) is 37.4 Å². The van der Waals surface area contributed by atoms with E-state index in [-0.39, 0.29) is 0 Å². The lowest BCUT2D eigenvalue weighted by Gasteiger charge is -2.26. The first-order chi connectivity index (χ1) is 10.9. The maximum absolute atomic E-state index is 5.37. The number of hydrogen-bond donors (Lipinski definition) is 1. The lowest BCUT2D eigenvalue weighted by molar-refractivity contribution is 0.0372. The maximum atomic E-state index is 5.37. The molecule has 2 heterocycles. The molecule has 0 spiro atoms. The maximum Gasteiger partial charge on any atom is 0.0746 e. The van der Waals surface area contributed by atoms with Gasteiger partial charge in [-0.1, -0.05) is 24.3 Å². The number of unbranched alkanes of at least 4 members (excludes halogenated alkanes) is 1. The normalized spacial score (nSPS) is 16.2. The standard InChI is InChI=1S/C18H25N3O/c1(2-10-21-11-13-22-14-12-21)8-19-15-17-6-3-5-16-7-4-9-20-18(16)17/h3-7,9,19H,1-2,8,10-15H2. The zero-order valence-electron chi connectivity index (χ0n) is 13.1. The van der Waals surface area contributed by atoms with Crippen molar-refractivity contribution in [1.29, 1.82) is 0 Å². The van der Waals surface area contributed by atoms with Gasteiger partial charge in [-0.15, -0.1) is 0 Å². The molecule has 0 unspecified atom stereocenters. The molecule has 0 aliphatic carbocycles. The molecule has 1 N–H and O–H groups in total. The molecule has 0 saturated carbocycles. The van der Waals surface area contributed by atoms with Crippen molar-refractivity contribution in [3.63, 3.8) is 0 Å². The number of para-hydroxylation sites is 1. The number of nitrogens with zero attached hydrogens (tertiary/aromatic N) is 2. The summed E-state index contributed by atoms with van der Waals surface area (Å²) in [6.07, 6.45) is 4.34. The predicted molar refractivity (Wildman–Crippen MR) is 89.9 cm³/mol. The zero-order valence-corrected chi connectivity index (χ0v) is 13.1. The van der Waals surface area contributed by atoms with E-state index in [9.17, 15) is 0 Å². The van der Waals surface area contributed by atoms with E-state index in [0.717, 1.165) is 44.9 Å². The molecule has 2 aromatic rings. The summed E-state index contributed by atoms with van der Waals surface area (Å²) in [6.45, 7) is 7.13. The Balaban J connectivity index is 1.37. The second kappa shape index (κ2) is 8.22. The van der Waals surface area contributed by atoms with Gasteiger partial charge in [0.05, 0.1) is 18.7 Å². The molecule has 1 aliphatic rings. The first kappa shape index (κ1) is 15.4. The number of ether oxygens (including phenoxy) is 1. The van der Waals surface area contributed by atoms with Gasteiger partial charge in [0.15, 0.2) is 0 Å². The van der Waals surface area contributed by atoms with Crippen LogP contribution in [0, 0.1) is 0 Å². The Morgan fingerprint density at radius 2 is 1.95 bits per heavy atom. The Hall–Kier alpha value is -1.49. The minimum absolute atomic E-state index is 0.895.